The number of aromatic hydroxyl groups is 1. The largest absolute Gasteiger partial charge is 0.506 e. The Labute approximate surface area is 115 Å². The number of phenols is 1. The van der Waals surface area contributed by atoms with Crippen LogP contribution in [0.25, 0.3) is 0 Å². The Hall–Kier alpha value is -2.57. The first-order valence-corrected chi connectivity index (χ1v) is 5.96. The van der Waals surface area contributed by atoms with Crippen LogP contribution >= 0.6 is 0 Å². The Kier molecular flexibility index (Phi) is 5.52. The SMILES string of the molecule is Cc1ccc(NC(=O)CCC(=O)NCC(=O)O)c(O)c1. The molecule has 0 heterocycles. The van der Waals surface area contributed by atoms with Gasteiger partial charge in [-0.2, -0.15) is 0 Å². The minimum absolute atomic E-state index is 0.0475. The molecule has 0 atom stereocenters. The van der Waals surface area contributed by atoms with E-state index in [0.717, 1.165) is 5.56 Å². The van der Waals surface area contributed by atoms with Gasteiger partial charge in [-0.1, -0.05) is 6.07 Å². The van der Waals surface area contributed by atoms with E-state index in [0.29, 0.717) is 0 Å². The van der Waals surface area contributed by atoms with Gasteiger partial charge < -0.3 is 20.8 Å². The summed E-state index contributed by atoms with van der Waals surface area (Å²) in [4.78, 5) is 33.0. The second kappa shape index (κ2) is 7.13. The molecule has 0 aliphatic carbocycles. The van der Waals surface area contributed by atoms with Gasteiger partial charge in [-0.05, 0) is 24.6 Å². The lowest BCUT2D eigenvalue weighted by atomic mass is 10.2. The third kappa shape index (κ3) is 5.38. The molecule has 0 aliphatic rings. The van der Waals surface area contributed by atoms with Gasteiger partial charge in [0.15, 0.2) is 0 Å². The van der Waals surface area contributed by atoms with Crippen molar-refractivity contribution < 1.29 is 24.6 Å². The molecule has 108 valence electrons. The van der Waals surface area contributed by atoms with Crippen LogP contribution in [0, 0.1) is 6.92 Å². The van der Waals surface area contributed by atoms with Crippen LogP contribution in [0.3, 0.4) is 0 Å². The summed E-state index contributed by atoms with van der Waals surface area (Å²) < 4.78 is 0. The van der Waals surface area contributed by atoms with Crippen molar-refractivity contribution >= 4 is 23.5 Å². The van der Waals surface area contributed by atoms with E-state index in [1.807, 2.05) is 0 Å². The van der Waals surface area contributed by atoms with Crippen LogP contribution in [-0.2, 0) is 14.4 Å². The van der Waals surface area contributed by atoms with Gasteiger partial charge in [0.2, 0.25) is 11.8 Å². The zero-order valence-electron chi connectivity index (χ0n) is 11.0. The third-order valence-electron chi connectivity index (χ3n) is 2.44. The second-order valence-electron chi connectivity index (χ2n) is 4.24. The minimum atomic E-state index is -1.15. The average Bonchev–Trinajstić information content (AvgIpc) is 2.37. The van der Waals surface area contributed by atoms with Gasteiger partial charge in [-0.15, -0.1) is 0 Å². The van der Waals surface area contributed by atoms with Crippen molar-refractivity contribution in [3.63, 3.8) is 0 Å². The molecule has 0 saturated carbocycles. The summed E-state index contributed by atoms with van der Waals surface area (Å²) in [7, 11) is 0. The lowest BCUT2D eigenvalue weighted by Gasteiger charge is -2.08. The Morgan fingerprint density at radius 2 is 1.80 bits per heavy atom. The Balaban J connectivity index is 2.40. The van der Waals surface area contributed by atoms with Crippen molar-refractivity contribution in [3.05, 3.63) is 23.8 Å². The normalized spacial score (nSPS) is 9.85. The summed E-state index contributed by atoms with van der Waals surface area (Å²) in [5.74, 6) is -2.15. The molecule has 0 bridgehead atoms. The monoisotopic (exact) mass is 280 g/mol. The van der Waals surface area contributed by atoms with Gasteiger partial charge in [0.05, 0.1) is 5.69 Å². The number of aryl methyl sites for hydroxylation is 1. The van der Waals surface area contributed by atoms with Gasteiger partial charge in [0, 0.05) is 12.8 Å². The molecule has 4 N–H and O–H groups in total. The number of benzene rings is 1. The summed E-state index contributed by atoms with van der Waals surface area (Å²) >= 11 is 0. The number of nitrogens with one attached hydrogen (secondary N) is 2. The first-order valence-electron chi connectivity index (χ1n) is 5.96. The fraction of sp³-hybridized carbons (Fsp3) is 0.308. The predicted molar refractivity (Wildman–Crippen MR) is 71.4 cm³/mol. The lowest BCUT2D eigenvalue weighted by molar-refractivity contribution is -0.138. The molecule has 0 spiro atoms. The number of hydrogen-bond acceptors (Lipinski definition) is 4. The standard InChI is InChI=1S/C13H16N2O5/c1-8-2-3-9(10(16)6-8)15-12(18)5-4-11(17)14-7-13(19)20/h2-3,6,16H,4-5,7H2,1H3,(H,14,17)(H,15,18)(H,19,20). The maximum Gasteiger partial charge on any atom is 0.322 e. The molecule has 7 heteroatoms. The van der Waals surface area contributed by atoms with E-state index in [1.54, 1.807) is 19.1 Å². The third-order valence-corrected chi connectivity index (χ3v) is 2.44. The van der Waals surface area contributed by atoms with Crippen LogP contribution in [-0.4, -0.2) is 34.5 Å². The highest BCUT2D eigenvalue weighted by molar-refractivity contribution is 5.94. The molecule has 0 saturated heterocycles. The van der Waals surface area contributed by atoms with Crippen LogP contribution < -0.4 is 10.6 Å². The summed E-state index contributed by atoms with van der Waals surface area (Å²) in [6, 6.07) is 4.80. The molecule has 20 heavy (non-hydrogen) atoms. The topological polar surface area (TPSA) is 116 Å². The zero-order chi connectivity index (χ0) is 15.1. The van der Waals surface area contributed by atoms with Crippen LogP contribution in [0.2, 0.25) is 0 Å². The highest BCUT2D eigenvalue weighted by Gasteiger charge is 2.10. The molecule has 0 unspecified atom stereocenters. The summed E-state index contributed by atoms with van der Waals surface area (Å²) in [5, 5.41) is 22.6. The van der Waals surface area contributed by atoms with Gasteiger partial charge >= 0.3 is 5.97 Å². The molecule has 0 radical (unpaired) electrons. The number of amides is 2. The minimum Gasteiger partial charge on any atom is -0.506 e. The summed E-state index contributed by atoms with van der Waals surface area (Å²) in [5.41, 5.74) is 1.13. The van der Waals surface area contributed by atoms with Crippen molar-refractivity contribution in [1.82, 2.24) is 5.32 Å². The maximum absolute atomic E-state index is 11.6. The Morgan fingerprint density at radius 3 is 2.40 bits per heavy atom. The number of phenolic OH excluding ortho intramolecular Hbond substituents is 1. The average molecular weight is 280 g/mol. The smallest absolute Gasteiger partial charge is 0.322 e. The van der Waals surface area contributed by atoms with E-state index in [1.165, 1.54) is 6.07 Å². The number of carboxylic acids is 1. The molecule has 0 aromatic heterocycles. The van der Waals surface area contributed by atoms with Crippen molar-refractivity contribution in [3.8, 4) is 5.75 Å². The zero-order valence-corrected chi connectivity index (χ0v) is 11.0. The predicted octanol–water partition coefficient (Wildman–Crippen LogP) is 0.620. The van der Waals surface area contributed by atoms with E-state index in [4.69, 9.17) is 5.11 Å². The highest BCUT2D eigenvalue weighted by Crippen LogP contribution is 2.23. The van der Waals surface area contributed by atoms with E-state index < -0.39 is 24.3 Å². The van der Waals surface area contributed by atoms with E-state index in [2.05, 4.69) is 10.6 Å². The van der Waals surface area contributed by atoms with Crippen molar-refractivity contribution in [1.29, 1.82) is 0 Å². The van der Waals surface area contributed by atoms with Crippen LogP contribution in [0.1, 0.15) is 18.4 Å². The molecule has 1 aromatic rings. The van der Waals surface area contributed by atoms with Gasteiger partial charge in [-0.25, -0.2) is 0 Å². The van der Waals surface area contributed by atoms with Crippen molar-refractivity contribution in [2.24, 2.45) is 0 Å². The molecular weight excluding hydrogens is 264 g/mol. The maximum atomic E-state index is 11.6. The van der Waals surface area contributed by atoms with Crippen LogP contribution in [0.15, 0.2) is 18.2 Å². The molecule has 0 aliphatic heterocycles. The molecule has 1 rings (SSSR count). The number of rotatable bonds is 6. The summed E-state index contributed by atoms with van der Waals surface area (Å²) in [6.07, 6.45) is -0.218. The molecule has 2 amide bonds. The summed E-state index contributed by atoms with van der Waals surface area (Å²) in [6.45, 7) is 1.33. The quantitative estimate of drug-likeness (QED) is 0.570. The van der Waals surface area contributed by atoms with Gasteiger partial charge in [0.25, 0.3) is 0 Å². The van der Waals surface area contributed by atoms with Crippen LogP contribution in [0.4, 0.5) is 5.69 Å². The second-order valence-corrected chi connectivity index (χ2v) is 4.24. The first kappa shape index (κ1) is 15.5. The molecule has 7 nitrogen and oxygen atoms in total. The van der Waals surface area contributed by atoms with E-state index >= 15 is 0 Å². The number of anilines is 1. The van der Waals surface area contributed by atoms with Gasteiger partial charge in [0.1, 0.15) is 12.3 Å². The van der Waals surface area contributed by atoms with Crippen molar-refractivity contribution in [2.75, 3.05) is 11.9 Å². The number of aliphatic carboxylic acids is 1. The number of carbonyl (C=O) groups excluding carboxylic acids is 2. The molecule has 0 fully saturated rings. The van der Waals surface area contributed by atoms with Gasteiger partial charge in [-0.3, -0.25) is 14.4 Å². The Bertz CT molecular complexity index is 527. The first-order chi connectivity index (χ1) is 9.38. The lowest BCUT2D eigenvalue weighted by Crippen LogP contribution is -2.29. The highest BCUT2D eigenvalue weighted by atomic mass is 16.4. The Morgan fingerprint density at radius 1 is 1.15 bits per heavy atom. The fourth-order valence-electron chi connectivity index (χ4n) is 1.45. The van der Waals surface area contributed by atoms with Crippen molar-refractivity contribution in [2.45, 2.75) is 19.8 Å². The molecule has 1 aromatic carbocycles. The van der Waals surface area contributed by atoms with Crippen LogP contribution in [0.5, 0.6) is 5.75 Å². The van der Waals surface area contributed by atoms with E-state index in [-0.39, 0.29) is 24.3 Å². The number of carboxylic acid groups (broad SMARTS) is 1. The van der Waals surface area contributed by atoms with E-state index in [9.17, 15) is 19.5 Å². The fourth-order valence-corrected chi connectivity index (χ4v) is 1.45. The number of hydrogen-bond donors (Lipinski definition) is 4. The molecular formula is C13H16N2O5. The number of carbonyl (C=O) groups is 3.